The number of nitrogens with one attached hydrogen (secondary N) is 1. The number of nitrogens with zero attached hydrogens (tertiary/aromatic N) is 3. The zero-order valence-electron chi connectivity index (χ0n) is 21.5. The Morgan fingerprint density at radius 3 is 2.41 bits per heavy atom. The Bertz CT molecular complexity index is 1110. The van der Waals surface area contributed by atoms with Gasteiger partial charge in [-0.3, -0.25) is 9.59 Å². The third-order valence-electron chi connectivity index (χ3n) is 7.13. The van der Waals surface area contributed by atoms with Crippen molar-refractivity contribution in [3.63, 3.8) is 0 Å². The van der Waals surface area contributed by atoms with E-state index in [4.69, 9.17) is 33.2 Å². The third-order valence-corrected chi connectivity index (χ3v) is 7.87. The number of aromatic nitrogens is 1. The molecule has 1 aliphatic heterocycles. The van der Waals surface area contributed by atoms with E-state index in [2.05, 4.69) is 16.4 Å². The van der Waals surface area contributed by atoms with Crippen molar-refractivity contribution in [2.45, 2.75) is 58.0 Å². The second-order valence-electron chi connectivity index (χ2n) is 9.65. The SMILES string of the molecule is CNC(C)=O.C[C@H](Oc1ccc(C#N)cn1)C1CN(C(=O)C2CCCCC2)C[C@@H]1c1ccc(Cl)c(Cl)c1. The van der Waals surface area contributed by atoms with Gasteiger partial charge in [-0.25, -0.2) is 4.98 Å². The minimum Gasteiger partial charge on any atom is -0.474 e. The number of ether oxygens (including phenoxy) is 1. The summed E-state index contributed by atoms with van der Waals surface area (Å²) in [7, 11) is 1.60. The molecule has 2 aliphatic rings. The maximum Gasteiger partial charge on any atom is 0.225 e. The van der Waals surface area contributed by atoms with Crippen molar-refractivity contribution in [3.05, 3.63) is 57.7 Å². The summed E-state index contributed by atoms with van der Waals surface area (Å²) in [5.41, 5.74) is 1.55. The first kappa shape index (κ1) is 28.7. The number of nitriles is 1. The molecule has 9 heteroatoms. The molecule has 0 bridgehead atoms. The molecule has 1 unspecified atom stereocenters. The summed E-state index contributed by atoms with van der Waals surface area (Å²) in [6.45, 7) is 4.77. The minimum absolute atomic E-state index is 0.00463. The van der Waals surface area contributed by atoms with Crippen LogP contribution in [0.3, 0.4) is 0 Å². The molecular formula is C28H34Cl2N4O3. The van der Waals surface area contributed by atoms with Crippen molar-refractivity contribution in [2.75, 3.05) is 20.1 Å². The summed E-state index contributed by atoms with van der Waals surface area (Å²) < 4.78 is 6.16. The van der Waals surface area contributed by atoms with Crippen LogP contribution >= 0.6 is 23.2 Å². The standard InChI is InChI=1S/C25H27Cl2N3O2.C3H7NO/c1-16(32-24-10-7-17(12-28)13-29-24)20-14-30(25(31)18-5-3-2-4-6-18)15-21(20)19-8-9-22(26)23(27)11-19;1-3(5)4-2/h7-11,13,16,18,20-21H,2-6,14-15H2,1H3;1-2H3,(H,4,5)/t16-,20?,21+;/m0./s1. The number of amides is 2. The maximum atomic E-state index is 13.3. The highest BCUT2D eigenvalue weighted by atomic mass is 35.5. The minimum atomic E-state index is -0.181. The van der Waals surface area contributed by atoms with E-state index in [9.17, 15) is 9.59 Å². The molecule has 1 aliphatic carbocycles. The fraction of sp³-hybridized carbons (Fsp3) is 0.500. The highest BCUT2D eigenvalue weighted by molar-refractivity contribution is 6.42. The van der Waals surface area contributed by atoms with E-state index in [0.29, 0.717) is 34.6 Å². The number of carbonyl (C=O) groups is 2. The van der Waals surface area contributed by atoms with Crippen molar-refractivity contribution in [3.8, 4) is 11.9 Å². The molecule has 0 spiro atoms. The van der Waals surface area contributed by atoms with Crippen molar-refractivity contribution < 1.29 is 14.3 Å². The first-order valence-corrected chi connectivity index (χ1v) is 13.4. The average molecular weight is 546 g/mol. The predicted molar refractivity (Wildman–Crippen MR) is 145 cm³/mol. The molecule has 0 radical (unpaired) electrons. The van der Waals surface area contributed by atoms with Crippen LogP contribution in [0.15, 0.2) is 36.5 Å². The molecule has 3 atom stereocenters. The Kier molecular flexibility index (Phi) is 10.6. The lowest BCUT2D eigenvalue weighted by atomic mass is 9.86. The molecule has 1 saturated heterocycles. The zero-order chi connectivity index (χ0) is 26.9. The van der Waals surface area contributed by atoms with Gasteiger partial charge in [0.1, 0.15) is 12.2 Å². The average Bonchev–Trinajstić information content (AvgIpc) is 3.37. The largest absolute Gasteiger partial charge is 0.474 e. The number of benzene rings is 1. The Morgan fingerprint density at radius 2 is 1.84 bits per heavy atom. The smallest absolute Gasteiger partial charge is 0.225 e. The number of rotatable bonds is 5. The summed E-state index contributed by atoms with van der Waals surface area (Å²) in [5, 5.41) is 12.4. The van der Waals surface area contributed by atoms with Crippen LogP contribution in [0.25, 0.3) is 0 Å². The molecule has 2 fully saturated rings. The van der Waals surface area contributed by atoms with Crippen LogP contribution < -0.4 is 10.1 Å². The molecule has 198 valence electrons. The first-order valence-electron chi connectivity index (χ1n) is 12.7. The lowest BCUT2D eigenvalue weighted by molar-refractivity contribution is -0.135. The Morgan fingerprint density at radius 1 is 1.14 bits per heavy atom. The van der Waals surface area contributed by atoms with E-state index in [1.807, 2.05) is 30.0 Å². The van der Waals surface area contributed by atoms with Crippen LogP contribution in [0, 0.1) is 23.2 Å². The van der Waals surface area contributed by atoms with Gasteiger partial charge in [0.2, 0.25) is 17.7 Å². The van der Waals surface area contributed by atoms with Crippen LogP contribution in [-0.4, -0.2) is 47.9 Å². The van der Waals surface area contributed by atoms with Crippen LogP contribution in [0.2, 0.25) is 10.0 Å². The summed E-state index contributed by atoms with van der Waals surface area (Å²) in [6, 6.07) is 11.2. The maximum absolute atomic E-state index is 13.3. The highest BCUT2D eigenvalue weighted by Gasteiger charge is 2.41. The van der Waals surface area contributed by atoms with Gasteiger partial charge in [-0.2, -0.15) is 5.26 Å². The second-order valence-corrected chi connectivity index (χ2v) is 10.5. The number of pyridine rings is 1. The first-order chi connectivity index (χ1) is 17.7. The molecule has 1 aromatic heterocycles. The summed E-state index contributed by atoms with van der Waals surface area (Å²) in [4.78, 5) is 29.3. The van der Waals surface area contributed by atoms with Gasteiger partial charge in [0.25, 0.3) is 0 Å². The van der Waals surface area contributed by atoms with E-state index in [1.165, 1.54) is 19.5 Å². The lowest BCUT2D eigenvalue weighted by Gasteiger charge is -2.27. The zero-order valence-corrected chi connectivity index (χ0v) is 23.1. The van der Waals surface area contributed by atoms with Gasteiger partial charge in [0.15, 0.2) is 0 Å². The van der Waals surface area contributed by atoms with Gasteiger partial charge in [-0.15, -0.1) is 0 Å². The van der Waals surface area contributed by atoms with E-state index in [1.54, 1.807) is 19.2 Å². The fourth-order valence-electron chi connectivity index (χ4n) is 4.98. The summed E-state index contributed by atoms with van der Waals surface area (Å²) in [6.07, 6.45) is 6.78. The number of likely N-dealkylation sites (tertiary alicyclic amines) is 1. The molecule has 2 aromatic rings. The molecule has 1 saturated carbocycles. The molecule has 1 aromatic carbocycles. The summed E-state index contributed by atoms with van der Waals surface area (Å²) in [5.74, 6) is 1.05. The molecule has 4 rings (SSSR count). The monoisotopic (exact) mass is 544 g/mol. The Labute approximate surface area is 229 Å². The Balaban J connectivity index is 0.000000695. The van der Waals surface area contributed by atoms with E-state index in [0.717, 1.165) is 31.2 Å². The number of carbonyl (C=O) groups excluding carboxylic acids is 2. The van der Waals surface area contributed by atoms with E-state index >= 15 is 0 Å². The predicted octanol–water partition coefficient (Wildman–Crippen LogP) is 5.60. The molecule has 37 heavy (non-hydrogen) atoms. The molecular weight excluding hydrogens is 511 g/mol. The third kappa shape index (κ3) is 7.83. The number of halogens is 2. The van der Waals surface area contributed by atoms with Crippen molar-refractivity contribution in [2.24, 2.45) is 11.8 Å². The van der Waals surface area contributed by atoms with E-state index in [-0.39, 0.29) is 35.7 Å². The van der Waals surface area contributed by atoms with Crippen LogP contribution in [-0.2, 0) is 9.59 Å². The van der Waals surface area contributed by atoms with Crippen LogP contribution in [0.4, 0.5) is 0 Å². The molecule has 7 nitrogen and oxygen atoms in total. The molecule has 1 N–H and O–H groups in total. The number of hydrogen-bond acceptors (Lipinski definition) is 5. The fourth-order valence-corrected chi connectivity index (χ4v) is 5.29. The van der Waals surface area contributed by atoms with Gasteiger partial charge in [0.05, 0.1) is 15.6 Å². The van der Waals surface area contributed by atoms with Crippen molar-refractivity contribution in [1.29, 1.82) is 5.26 Å². The van der Waals surface area contributed by atoms with E-state index < -0.39 is 0 Å². The molecule has 2 amide bonds. The Hall–Kier alpha value is -2.82. The molecule has 2 heterocycles. The van der Waals surface area contributed by atoms with Crippen molar-refractivity contribution in [1.82, 2.24) is 15.2 Å². The van der Waals surface area contributed by atoms with Crippen molar-refractivity contribution >= 4 is 35.0 Å². The second kappa shape index (κ2) is 13.6. The quantitative estimate of drug-likeness (QED) is 0.528. The van der Waals surface area contributed by atoms with Crippen LogP contribution in [0.5, 0.6) is 5.88 Å². The normalized spacial score (nSPS) is 20.3. The van der Waals surface area contributed by atoms with Gasteiger partial charge in [-0.05, 0) is 43.5 Å². The number of hydrogen-bond donors (Lipinski definition) is 1. The van der Waals surface area contributed by atoms with Gasteiger partial charge in [-0.1, -0.05) is 48.5 Å². The van der Waals surface area contributed by atoms with Crippen LogP contribution in [0.1, 0.15) is 63.0 Å². The highest BCUT2D eigenvalue weighted by Crippen LogP contribution is 2.39. The van der Waals surface area contributed by atoms with Gasteiger partial charge < -0.3 is 15.0 Å². The lowest BCUT2D eigenvalue weighted by Crippen LogP contribution is -2.36. The summed E-state index contributed by atoms with van der Waals surface area (Å²) >= 11 is 12.5. The topological polar surface area (TPSA) is 95.3 Å². The van der Waals surface area contributed by atoms with Gasteiger partial charge >= 0.3 is 0 Å². The van der Waals surface area contributed by atoms with Gasteiger partial charge in [0, 0.05) is 57.1 Å².